The van der Waals surface area contributed by atoms with E-state index in [-0.39, 0.29) is 11.1 Å². The molecule has 1 N–H and O–H groups in total. The van der Waals surface area contributed by atoms with E-state index < -0.39 is 0 Å². The molecular weight excluding hydrogens is 262 g/mol. The number of nitrogens with one attached hydrogen (secondary N) is 1. The third kappa shape index (κ3) is 7.12. The van der Waals surface area contributed by atoms with Crippen LogP contribution in [0.1, 0.15) is 67.2 Å². The molecule has 0 spiro atoms. The van der Waals surface area contributed by atoms with Crippen LogP contribution in [0.25, 0.3) is 0 Å². The highest BCUT2D eigenvalue weighted by molar-refractivity contribution is 4.91. The topological polar surface area (TPSA) is 30.5 Å². The lowest BCUT2D eigenvalue weighted by Gasteiger charge is -2.43. The largest absolute Gasteiger partial charge is 0.379 e. The van der Waals surface area contributed by atoms with Crippen molar-refractivity contribution in [3.8, 4) is 0 Å². The Kier molecular flexibility index (Phi) is 7.66. The Bertz CT molecular complexity index is 275. The predicted molar refractivity (Wildman–Crippen MR) is 89.7 cm³/mol. The first kappa shape index (κ1) is 18.9. The third-order valence-electron chi connectivity index (χ3n) is 4.67. The maximum Gasteiger partial charge on any atom is 0.0807 e. The van der Waals surface area contributed by atoms with Gasteiger partial charge in [0.15, 0.2) is 0 Å². The molecule has 0 unspecified atom stereocenters. The highest BCUT2D eigenvalue weighted by atomic mass is 16.5. The van der Waals surface area contributed by atoms with E-state index in [9.17, 15) is 0 Å². The quantitative estimate of drug-likeness (QED) is 0.687. The van der Waals surface area contributed by atoms with Gasteiger partial charge in [-0.05, 0) is 65.2 Å². The molecule has 1 aliphatic rings. The predicted octanol–water partition coefficient (Wildman–Crippen LogP) is 4.01. The van der Waals surface area contributed by atoms with Gasteiger partial charge in [-0.2, -0.15) is 0 Å². The fourth-order valence-corrected chi connectivity index (χ4v) is 3.09. The van der Waals surface area contributed by atoms with E-state index >= 15 is 0 Å². The number of hydrogen-bond donors (Lipinski definition) is 1. The second kappa shape index (κ2) is 8.50. The Morgan fingerprint density at radius 2 is 1.76 bits per heavy atom. The van der Waals surface area contributed by atoms with E-state index in [1.807, 2.05) is 6.92 Å². The van der Waals surface area contributed by atoms with Crippen molar-refractivity contribution in [1.29, 1.82) is 0 Å². The highest BCUT2D eigenvalue weighted by Gasteiger charge is 2.37. The van der Waals surface area contributed by atoms with Gasteiger partial charge in [0.1, 0.15) is 0 Å². The van der Waals surface area contributed by atoms with Crippen molar-refractivity contribution in [2.24, 2.45) is 11.8 Å². The molecule has 0 saturated heterocycles. The van der Waals surface area contributed by atoms with Crippen LogP contribution in [-0.2, 0) is 9.47 Å². The minimum atomic E-state index is 0.00969. The molecule has 0 radical (unpaired) electrons. The van der Waals surface area contributed by atoms with Crippen LogP contribution < -0.4 is 5.32 Å². The van der Waals surface area contributed by atoms with Crippen molar-refractivity contribution >= 4 is 0 Å². The molecule has 0 aromatic rings. The molecule has 1 aliphatic carbocycles. The summed E-state index contributed by atoms with van der Waals surface area (Å²) in [6, 6.07) is 0. The monoisotopic (exact) mass is 299 g/mol. The van der Waals surface area contributed by atoms with Crippen LogP contribution in [0.15, 0.2) is 0 Å². The average molecular weight is 299 g/mol. The first-order chi connectivity index (χ1) is 9.78. The van der Waals surface area contributed by atoms with Crippen molar-refractivity contribution in [3.05, 3.63) is 0 Å². The summed E-state index contributed by atoms with van der Waals surface area (Å²) in [4.78, 5) is 0. The van der Waals surface area contributed by atoms with Gasteiger partial charge in [0.05, 0.1) is 18.8 Å². The summed E-state index contributed by atoms with van der Waals surface area (Å²) in [5, 5.41) is 3.65. The Hall–Kier alpha value is -0.120. The molecule has 21 heavy (non-hydrogen) atoms. The molecule has 1 fully saturated rings. The third-order valence-corrected chi connectivity index (χ3v) is 4.67. The number of rotatable bonds is 8. The summed E-state index contributed by atoms with van der Waals surface area (Å²) < 4.78 is 11.7. The normalized spacial score (nSPS) is 27.3. The minimum Gasteiger partial charge on any atom is -0.379 e. The van der Waals surface area contributed by atoms with Crippen molar-refractivity contribution < 1.29 is 9.47 Å². The fourth-order valence-electron chi connectivity index (χ4n) is 3.09. The van der Waals surface area contributed by atoms with E-state index in [1.165, 1.54) is 25.7 Å². The summed E-state index contributed by atoms with van der Waals surface area (Å²) in [6.45, 7) is 16.5. The van der Waals surface area contributed by atoms with Gasteiger partial charge in [-0.3, -0.25) is 0 Å². The van der Waals surface area contributed by atoms with Gasteiger partial charge >= 0.3 is 0 Å². The first-order valence-electron chi connectivity index (χ1n) is 8.75. The lowest BCUT2D eigenvalue weighted by atomic mass is 9.74. The van der Waals surface area contributed by atoms with Gasteiger partial charge in [-0.25, -0.2) is 0 Å². The van der Waals surface area contributed by atoms with E-state index in [1.54, 1.807) is 0 Å². The SMILES string of the molecule is CCOCCOC1(CNC(C)(C)C)CCC(C(C)C)CC1. The van der Waals surface area contributed by atoms with Gasteiger partial charge in [-0.15, -0.1) is 0 Å². The Morgan fingerprint density at radius 3 is 2.24 bits per heavy atom. The number of ether oxygens (including phenoxy) is 2. The summed E-state index contributed by atoms with van der Waals surface area (Å²) in [6.07, 6.45) is 4.92. The summed E-state index contributed by atoms with van der Waals surface area (Å²) in [5.74, 6) is 1.66. The standard InChI is InChI=1S/C18H37NO2/c1-7-20-12-13-21-18(14-19-17(4,5)6)10-8-16(9-11-18)15(2)3/h15-16,19H,7-14H2,1-6H3. The zero-order chi connectivity index (χ0) is 15.9. The average Bonchev–Trinajstić information content (AvgIpc) is 2.41. The molecule has 126 valence electrons. The maximum atomic E-state index is 6.31. The zero-order valence-corrected chi connectivity index (χ0v) is 15.1. The molecule has 0 atom stereocenters. The molecule has 0 aliphatic heterocycles. The van der Waals surface area contributed by atoms with Crippen LogP contribution in [0.5, 0.6) is 0 Å². The van der Waals surface area contributed by atoms with E-state index in [0.29, 0.717) is 13.2 Å². The summed E-state index contributed by atoms with van der Waals surface area (Å²) in [5.41, 5.74) is 0.154. The second-order valence-corrected chi connectivity index (χ2v) is 7.91. The molecule has 0 amide bonds. The Balaban J connectivity index is 2.54. The zero-order valence-electron chi connectivity index (χ0n) is 15.1. The maximum absolute atomic E-state index is 6.31. The molecule has 3 nitrogen and oxygen atoms in total. The van der Waals surface area contributed by atoms with Gasteiger partial charge in [-0.1, -0.05) is 13.8 Å². The second-order valence-electron chi connectivity index (χ2n) is 7.91. The summed E-state index contributed by atoms with van der Waals surface area (Å²) in [7, 11) is 0. The fraction of sp³-hybridized carbons (Fsp3) is 1.00. The van der Waals surface area contributed by atoms with Crippen LogP contribution in [-0.4, -0.2) is 37.5 Å². The van der Waals surface area contributed by atoms with E-state index in [0.717, 1.165) is 25.0 Å². The first-order valence-corrected chi connectivity index (χ1v) is 8.75. The molecule has 1 rings (SSSR count). The van der Waals surface area contributed by atoms with Crippen molar-refractivity contribution in [3.63, 3.8) is 0 Å². The van der Waals surface area contributed by atoms with Crippen molar-refractivity contribution in [1.82, 2.24) is 5.32 Å². The highest BCUT2D eigenvalue weighted by Crippen LogP contribution is 2.38. The number of hydrogen-bond acceptors (Lipinski definition) is 3. The van der Waals surface area contributed by atoms with Crippen LogP contribution in [0, 0.1) is 11.8 Å². The lowest BCUT2D eigenvalue weighted by Crippen LogP contribution is -2.51. The van der Waals surface area contributed by atoms with Crippen molar-refractivity contribution in [2.45, 2.75) is 78.4 Å². The molecule has 0 bridgehead atoms. The molecule has 3 heteroatoms. The minimum absolute atomic E-state index is 0.00969. The Labute approximate surface area is 132 Å². The van der Waals surface area contributed by atoms with Gasteiger partial charge in [0, 0.05) is 18.7 Å². The van der Waals surface area contributed by atoms with Crippen LogP contribution in [0.2, 0.25) is 0 Å². The van der Waals surface area contributed by atoms with Crippen LogP contribution in [0.4, 0.5) is 0 Å². The molecule has 0 aromatic heterocycles. The van der Waals surface area contributed by atoms with Gasteiger partial charge in [0.2, 0.25) is 0 Å². The van der Waals surface area contributed by atoms with Crippen LogP contribution in [0.3, 0.4) is 0 Å². The molecule has 0 aromatic carbocycles. The smallest absolute Gasteiger partial charge is 0.0807 e. The van der Waals surface area contributed by atoms with Gasteiger partial charge < -0.3 is 14.8 Å². The van der Waals surface area contributed by atoms with E-state index in [2.05, 4.69) is 39.9 Å². The summed E-state index contributed by atoms with van der Waals surface area (Å²) >= 11 is 0. The molecular formula is C18H37NO2. The molecule has 1 saturated carbocycles. The van der Waals surface area contributed by atoms with E-state index in [4.69, 9.17) is 9.47 Å². The van der Waals surface area contributed by atoms with Gasteiger partial charge in [0.25, 0.3) is 0 Å². The lowest BCUT2D eigenvalue weighted by molar-refractivity contribution is -0.0966. The molecule has 0 heterocycles. The van der Waals surface area contributed by atoms with Crippen LogP contribution >= 0.6 is 0 Å². The van der Waals surface area contributed by atoms with Crippen molar-refractivity contribution in [2.75, 3.05) is 26.4 Å². The Morgan fingerprint density at radius 1 is 1.14 bits per heavy atom.